The van der Waals surface area contributed by atoms with E-state index in [2.05, 4.69) is 37.7 Å². The van der Waals surface area contributed by atoms with Crippen LogP contribution in [0.5, 0.6) is 0 Å². The number of allylic oxidation sites excluding steroid dienone is 1. The normalized spacial score (nSPS) is 17.0. The quantitative estimate of drug-likeness (QED) is 0.495. The van der Waals surface area contributed by atoms with E-state index < -0.39 is 15.2 Å². The van der Waals surface area contributed by atoms with Gasteiger partial charge >= 0.3 is 7.12 Å². The second kappa shape index (κ2) is 9.17. The molecular formula is C18H33BN2O3Si. The predicted octanol–water partition coefficient (Wildman–Crippen LogP) is 2.64. The van der Waals surface area contributed by atoms with Crippen LogP contribution in [0.4, 0.5) is 0 Å². The van der Waals surface area contributed by atoms with Crippen molar-refractivity contribution in [3.8, 4) is 0 Å². The molecule has 1 atom stereocenters. The van der Waals surface area contributed by atoms with E-state index in [4.69, 9.17) is 4.74 Å². The zero-order valence-corrected chi connectivity index (χ0v) is 17.2. The third-order valence-electron chi connectivity index (χ3n) is 4.75. The zero-order chi connectivity index (χ0) is 18.4. The van der Waals surface area contributed by atoms with Gasteiger partial charge in [-0.1, -0.05) is 58.0 Å². The monoisotopic (exact) mass is 364 g/mol. The third-order valence-corrected chi connectivity index (χ3v) is 6.45. The molecule has 25 heavy (non-hydrogen) atoms. The molecule has 0 saturated carbocycles. The first-order valence-electron chi connectivity index (χ1n) is 9.53. The Morgan fingerprint density at radius 2 is 2.08 bits per heavy atom. The molecule has 1 heterocycles. The Morgan fingerprint density at radius 1 is 1.32 bits per heavy atom. The topological polar surface area (TPSA) is 67.5 Å². The van der Waals surface area contributed by atoms with Gasteiger partial charge in [-0.25, -0.2) is 4.68 Å². The van der Waals surface area contributed by atoms with Gasteiger partial charge < -0.3 is 14.8 Å². The van der Waals surface area contributed by atoms with Crippen LogP contribution in [-0.4, -0.2) is 41.6 Å². The van der Waals surface area contributed by atoms with Crippen LogP contribution in [0.2, 0.25) is 25.7 Å². The maximum absolute atomic E-state index is 9.62. The molecule has 0 bridgehead atoms. The van der Waals surface area contributed by atoms with Gasteiger partial charge in [0.05, 0.1) is 0 Å². The molecule has 1 aromatic heterocycles. The molecule has 5 nitrogen and oxygen atoms in total. The molecule has 0 fully saturated rings. The Kier molecular flexibility index (Phi) is 7.49. The van der Waals surface area contributed by atoms with Gasteiger partial charge in [-0.05, 0) is 24.8 Å². The summed E-state index contributed by atoms with van der Waals surface area (Å²) in [6, 6.07) is 1.12. The standard InChI is InChI=1S/C18H33BN2O3Si/c1-5-6-7-8-15-9-10-16-17(13-15)21(20-18(16)19(22)23)14-24-11-12-25(2,3)4/h9-10,15,22-23H,5-8,11-14H2,1-4H3. The maximum Gasteiger partial charge on any atom is 0.510 e. The summed E-state index contributed by atoms with van der Waals surface area (Å²) in [5, 5.41) is 23.7. The lowest BCUT2D eigenvalue weighted by atomic mass is 9.79. The number of hydrogen-bond acceptors (Lipinski definition) is 4. The number of nitrogens with zero attached hydrogens (tertiary/aromatic N) is 2. The van der Waals surface area contributed by atoms with E-state index in [0.717, 1.165) is 30.3 Å². The van der Waals surface area contributed by atoms with Crippen LogP contribution in [0.25, 0.3) is 6.08 Å². The molecule has 0 radical (unpaired) electrons. The molecule has 0 spiro atoms. The fraction of sp³-hybridized carbons (Fsp3) is 0.722. The zero-order valence-electron chi connectivity index (χ0n) is 16.2. The van der Waals surface area contributed by atoms with Crippen molar-refractivity contribution < 1.29 is 14.8 Å². The van der Waals surface area contributed by atoms with Crippen molar-refractivity contribution in [1.29, 1.82) is 0 Å². The van der Waals surface area contributed by atoms with Crippen LogP contribution < -0.4 is 5.59 Å². The minimum absolute atomic E-state index is 0.340. The summed E-state index contributed by atoms with van der Waals surface area (Å²) < 4.78 is 7.66. The summed E-state index contributed by atoms with van der Waals surface area (Å²) in [7, 11) is -2.66. The van der Waals surface area contributed by atoms with Crippen LogP contribution in [0.1, 0.15) is 43.9 Å². The Hall–Kier alpha value is -0.888. The van der Waals surface area contributed by atoms with Crippen molar-refractivity contribution >= 4 is 26.9 Å². The number of aromatic nitrogens is 2. The van der Waals surface area contributed by atoms with Gasteiger partial charge in [-0.2, -0.15) is 5.10 Å². The molecule has 0 aromatic carbocycles. The molecule has 1 unspecified atom stereocenters. The molecule has 0 amide bonds. The first kappa shape index (κ1) is 20.4. The van der Waals surface area contributed by atoms with E-state index in [9.17, 15) is 10.0 Å². The molecular weight excluding hydrogens is 331 g/mol. The Balaban J connectivity index is 2.04. The Bertz CT molecular complexity index is 582. The SMILES string of the molecule is CCCCCC1C=Cc2c(B(O)O)nn(COCC[Si](C)(C)C)c2C1. The largest absolute Gasteiger partial charge is 0.510 e. The highest BCUT2D eigenvalue weighted by molar-refractivity contribution is 6.76. The van der Waals surface area contributed by atoms with Crippen molar-refractivity contribution in [3.05, 3.63) is 17.3 Å². The minimum Gasteiger partial charge on any atom is -0.422 e. The molecule has 0 saturated heterocycles. The van der Waals surface area contributed by atoms with Gasteiger partial charge in [0.15, 0.2) is 0 Å². The molecule has 0 aliphatic heterocycles. The molecule has 1 aliphatic rings. The molecule has 1 aromatic rings. The smallest absolute Gasteiger partial charge is 0.422 e. The van der Waals surface area contributed by atoms with Crippen LogP contribution in [0.3, 0.4) is 0 Å². The number of rotatable bonds is 10. The van der Waals surface area contributed by atoms with Gasteiger partial charge in [0.1, 0.15) is 12.3 Å². The summed E-state index contributed by atoms with van der Waals surface area (Å²) >= 11 is 0. The van der Waals surface area contributed by atoms with E-state index in [1.165, 1.54) is 25.7 Å². The number of hydrogen-bond donors (Lipinski definition) is 2. The predicted molar refractivity (Wildman–Crippen MR) is 107 cm³/mol. The molecule has 2 N–H and O–H groups in total. The molecule has 7 heteroatoms. The lowest BCUT2D eigenvalue weighted by Gasteiger charge is -2.19. The minimum atomic E-state index is -1.54. The molecule has 2 rings (SSSR count). The van der Waals surface area contributed by atoms with Gasteiger partial charge in [0.25, 0.3) is 0 Å². The van der Waals surface area contributed by atoms with Crippen molar-refractivity contribution in [2.75, 3.05) is 6.61 Å². The molecule has 1 aliphatic carbocycles. The van der Waals surface area contributed by atoms with Crippen LogP contribution >= 0.6 is 0 Å². The summed E-state index contributed by atoms with van der Waals surface area (Å²) in [6.07, 6.45) is 9.99. The van der Waals surface area contributed by atoms with Gasteiger partial charge in [-0.3, -0.25) is 0 Å². The molecule has 140 valence electrons. The Morgan fingerprint density at radius 3 is 2.72 bits per heavy atom. The number of unbranched alkanes of at least 4 members (excludes halogenated alkanes) is 2. The maximum atomic E-state index is 9.62. The van der Waals surface area contributed by atoms with E-state index in [-0.39, 0.29) is 0 Å². The fourth-order valence-corrected chi connectivity index (χ4v) is 3.92. The van der Waals surface area contributed by atoms with E-state index >= 15 is 0 Å². The number of fused-ring (bicyclic) bond motifs is 1. The summed E-state index contributed by atoms with van der Waals surface area (Å²) in [6.45, 7) is 10.3. The number of ether oxygens (including phenoxy) is 1. The average molecular weight is 364 g/mol. The highest BCUT2D eigenvalue weighted by atomic mass is 28.3. The van der Waals surface area contributed by atoms with E-state index in [1.807, 2.05) is 10.8 Å². The lowest BCUT2D eigenvalue weighted by Crippen LogP contribution is -2.34. The van der Waals surface area contributed by atoms with Gasteiger partial charge in [0.2, 0.25) is 0 Å². The van der Waals surface area contributed by atoms with Gasteiger partial charge in [-0.15, -0.1) is 0 Å². The van der Waals surface area contributed by atoms with Gasteiger partial charge in [0, 0.05) is 25.9 Å². The van der Waals surface area contributed by atoms with Crippen LogP contribution in [0, 0.1) is 5.92 Å². The summed E-state index contributed by atoms with van der Waals surface area (Å²) in [5.74, 6) is 0.500. The van der Waals surface area contributed by atoms with Crippen molar-refractivity contribution in [1.82, 2.24) is 9.78 Å². The summed E-state index contributed by atoms with van der Waals surface area (Å²) in [4.78, 5) is 0. The van der Waals surface area contributed by atoms with E-state index in [1.54, 1.807) is 0 Å². The van der Waals surface area contributed by atoms with Crippen LogP contribution in [0.15, 0.2) is 6.08 Å². The van der Waals surface area contributed by atoms with Crippen molar-refractivity contribution in [3.63, 3.8) is 0 Å². The second-order valence-corrected chi connectivity index (χ2v) is 13.9. The highest BCUT2D eigenvalue weighted by Gasteiger charge is 2.28. The second-order valence-electron chi connectivity index (χ2n) is 8.29. The Labute approximate surface area is 153 Å². The fourth-order valence-electron chi connectivity index (χ4n) is 3.16. The third kappa shape index (κ3) is 6.09. The first-order chi connectivity index (χ1) is 11.8. The average Bonchev–Trinajstić information content (AvgIpc) is 2.89. The van der Waals surface area contributed by atoms with Crippen LogP contribution in [-0.2, 0) is 17.9 Å². The van der Waals surface area contributed by atoms with Crippen molar-refractivity contribution in [2.24, 2.45) is 5.92 Å². The summed E-state index contributed by atoms with van der Waals surface area (Å²) in [5.41, 5.74) is 2.27. The van der Waals surface area contributed by atoms with Crippen molar-refractivity contribution in [2.45, 2.75) is 71.4 Å². The highest BCUT2D eigenvalue weighted by Crippen LogP contribution is 2.26. The first-order valence-corrected chi connectivity index (χ1v) is 13.2. The lowest BCUT2D eigenvalue weighted by molar-refractivity contribution is 0.0763. The van der Waals surface area contributed by atoms with E-state index in [0.29, 0.717) is 18.2 Å².